The van der Waals surface area contributed by atoms with Crippen LogP contribution in [0.2, 0.25) is 0 Å². The predicted octanol–water partition coefficient (Wildman–Crippen LogP) is 16.8. The molecule has 2 nitrogen and oxygen atoms in total. The van der Waals surface area contributed by atoms with Gasteiger partial charge in [0.2, 0.25) is 0 Å². The lowest BCUT2D eigenvalue weighted by molar-refractivity contribution is 1.18. The lowest BCUT2D eigenvalue weighted by Gasteiger charge is -2.27. The molecule has 12 rings (SSSR count). The Hall–Kier alpha value is -7.72. The summed E-state index contributed by atoms with van der Waals surface area (Å²) in [5.41, 5.74) is 14.2. The summed E-state index contributed by atoms with van der Waals surface area (Å²) in [6.07, 6.45) is 0. The first-order chi connectivity index (χ1) is 30.3. The van der Waals surface area contributed by atoms with Gasteiger partial charge in [0.05, 0.1) is 22.4 Å². The van der Waals surface area contributed by atoms with Crippen molar-refractivity contribution in [3.05, 3.63) is 231 Å². The number of aromatic nitrogens is 1. The number of benzene rings is 10. The normalized spacial score (nSPS) is 11.6. The second-order valence-electron chi connectivity index (χ2n) is 15.7. The Bertz CT molecular complexity index is 3530. The maximum Gasteiger partial charge on any atom is 0.0554 e. The molecular weight excluding hydrogens is 757 g/mol. The molecule has 0 N–H and O–H groups in total. The average Bonchev–Trinajstić information content (AvgIpc) is 3.88. The Morgan fingerprint density at radius 2 is 0.885 bits per heavy atom. The van der Waals surface area contributed by atoms with Crippen LogP contribution in [0, 0.1) is 0 Å². The summed E-state index contributed by atoms with van der Waals surface area (Å²) in [5.74, 6) is 0. The zero-order valence-electron chi connectivity index (χ0n) is 33.2. The van der Waals surface area contributed by atoms with Gasteiger partial charge in [0, 0.05) is 47.9 Å². The van der Waals surface area contributed by atoms with E-state index in [-0.39, 0.29) is 0 Å². The highest BCUT2D eigenvalue weighted by atomic mass is 32.1. The summed E-state index contributed by atoms with van der Waals surface area (Å²) in [4.78, 5) is 2.43. The summed E-state index contributed by atoms with van der Waals surface area (Å²) in [6, 6.07) is 84.1. The monoisotopic (exact) mass is 794 g/mol. The molecular formula is C58H38N2S. The molecule has 3 heteroatoms. The number of hydrogen-bond donors (Lipinski definition) is 0. The smallest absolute Gasteiger partial charge is 0.0554 e. The van der Waals surface area contributed by atoms with Gasteiger partial charge in [-0.15, -0.1) is 11.3 Å². The van der Waals surface area contributed by atoms with Gasteiger partial charge in [0.15, 0.2) is 0 Å². The van der Waals surface area contributed by atoms with Crippen molar-refractivity contribution in [3.63, 3.8) is 0 Å². The Balaban J connectivity index is 0.957. The van der Waals surface area contributed by atoms with Crippen molar-refractivity contribution in [1.29, 1.82) is 0 Å². The van der Waals surface area contributed by atoms with Crippen molar-refractivity contribution < 1.29 is 0 Å². The number of para-hydroxylation sites is 3. The van der Waals surface area contributed by atoms with Gasteiger partial charge in [0.1, 0.15) is 0 Å². The number of anilines is 3. The van der Waals surface area contributed by atoms with Crippen LogP contribution >= 0.6 is 11.3 Å². The molecule has 12 aromatic rings. The van der Waals surface area contributed by atoms with E-state index in [9.17, 15) is 0 Å². The highest BCUT2D eigenvalue weighted by Gasteiger charge is 2.20. The van der Waals surface area contributed by atoms with E-state index in [2.05, 4.69) is 240 Å². The van der Waals surface area contributed by atoms with Gasteiger partial charge in [-0.1, -0.05) is 164 Å². The molecule has 0 atom stereocenters. The SMILES string of the molecule is c1cc(-c2ccc(N(c3ccc(-c4cccc5ccccc45)cc3)c3cccc4sc5ccccc5c34)cc2)cc(-c2ccccc2-n2c3ccccc3c3ccccc32)c1. The first kappa shape index (κ1) is 35.2. The first-order valence-corrected chi connectivity index (χ1v) is 21.7. The van der Waals surface area contributed by atoms with E-state index < -0.39 is 0 Å². The van der Waals surface area contributed by atoms with Crippen LogP contribution in [-0.4, -0.2) is 4.57 Å². The molecule has 0 amide bonds. The van der Waals surface area contributed by atoms with E-state index >= 15 is 0 Å². The van der Waals surface area contributed by atoms with Crippen LogP contribution in [-0.2, 0) is 0 Å². The molecule has 0 unspecified atom stereocenters. The minimum absolute atomic E-state index is 1.11. The van der Waals surface area contributed by atoms with Crippen molar-refractivity contribution in [2.24, 2.45) is 0 Å². The lowest BCUT2D eigenvalue weighted by Crippen LogP contribution is -2.10. The minimum Gasteiger partial charge on any atom is -0.310 e. The number of fused-ring (bicyclic) bond motifs is 7. The summed E-state index contributed by atoms with van der Waals surface area (Å²) < 4.78 is 5.00. The third-order valence-electron chi connectivity index (χ3n) is 12.2. The Morgan fingerprint density at radius 3 is 1.66 bits per heavy atom. The standard InChI is InChI=1S/C58H38N2S/c1-2-18-46-40(14-1)15-12-23-47(46)41-32-36-45(37-33-41)59(55-27-13-29-57-58(55)51-22-6-10-28-56(51)61-57)44-34-30-39(31-35-44)42-16-11-17-43(38-42)48-19-3-7-24-52(48)60-53-25-8-4-20-49(53)50-21-5-9-26-54(50)60/h1-38H. The molecule has 286 valence electrons. The molecule has 0 bridgehead atoms. The summed E-state index contributed by atoms with van der Waals surface area (Å²) in [7, 11) is 0. The van der Waals surface area contributed by atoms with Crippen molar-refractivity contribution in [3.8, 4) is 39.1 Å². The van der Waals surface area contributed by atoms with E-state index in [1.165, 1.54) is 97.5 Å². The molecule has 2 aromatic heterocycles. The maximum absolute atomic E-state index is 2.43. The Labute approximate surface area is 358 Å². The second kappa shape index (κ2) is 14.5. The Kier molecular flexibility index (Phi) is 8.39. The minimum atomic E-state index is 1.11. The van der Waals surface area contributed by atoms with Gasteiger partial charge in [0.25, 0.3) is 0 Å². The van der Waals surface area contributed by atoms with Crippen LogP contribution in [0.3, 0.4) is 0 Å². The van der Waals surface area contributed by atoms with Crippen LogP contribution in [0.4, 0.5) is 17.1 Å². The molecule has 0 aliphatic rings. The van der Waals surface area contributed by atoms with E-state index in [0.29, 0.717) is 0 Å². The molecule has 0 aliphatic heterocycles. The average molecular weight is 795 g/mol. The topological polar surface area (TPSA) is 8.17 Å². The fourth-order valence-electron chi connectivity index (χ4n) is 9.40. The quantitative estimate of drug-likeness (QED) is 0.156. The summed E-state index contributed by atoms with van der Waals surface area (Å²) >= 11 is 1.86. The van der Waals surface area contributed by atoms with Gasteiger partial charge in [-0.2, -0.15) is 0 Å². The lowest BCUT2D eigenvalue weighted by atomic mass is 9.97. The van der Waals surface area contributed by atoms with Crippen LogP contribution < -0.4 is 4.90 Å². The number of rotatable bonds is 7. The predicted molar refractivity (Wildman–Crippen MR) is 262 cm³/mol. The van der Waals surface area contributed by atoms with Gasteiger partial charge >= 0.3 is 0 Å². The van der Waals surface area contributed by atoms with Crippen molar-refractivity contribution in [2.75, 3.05) is 4.90 Å². The molecule has 0 spiro atoms. The Morgan fingerprint density at radius 1 is 0.344 bits per heavy atom. The number of hydrogen-bond acceptors (Lipinski definition) is 2. The molecule has 0 saturated heterocycles. The van der Waals surface area contributed by atoms with E-state index in [0.717, 1.165) is 11.4 Å². The van der Waals surface area contributed by atoms with Gasteiger partial charge < -0.3 is 9.47 Å². The van der Waals surface area contributed by atoms with Crippen LogP contribution in [0.5, 0.6) is 0 Å². The largest absolute Gasteiger partial charge is 0.310 e. The highest BCUT2D eigenvalue weighted by Crippen LogP contribution is 2.46. The fraction of sp³-hybridized carbons (Fsp3) is 0. The molecule has 0 radical (unpaired) electrons. The molecule has 10 aromatic carbocycles. The van der Waals surface area contributed by atoms with E-state index in [4.69, 9.17) is 0 Å². The second-order valence-corrected chi connectivity index (χ2v) is 16.8. The van der Waals surface area contributed by atoms with Gasteiger partial charge in [-0.25, -0.2) is 0 Å². The van der Waals surface area contributed by atoms with Crippen molar-refractivity contribution in [2.45, 2.75) is 0 Å². The third-order valence-corrected chi connectivity index (χ3v) is 13.3. The molecule has 2 heterocycles. The van der Waals surface area contributed by atoms with Gasteiger partial charge in [-0.3, -0.25) is 0 Å². The summed E-state index contributed by atoms with van der Waals surface area (Å²) in [6.45, 7) is 0. The highest BCUT2D eigenvalue weighted by molar-refractivity contribution is 7.26. The third kappa shape index (κ3) is 5.93. The first-order valence-electron chi connectivity index (χ1n) is 20.8. The fourth-order valence-corrected chi connectivity index (χ4v) is 10.5. The van der Waals surface area contributed by atoms with Crippen molar-refractivity contribution in [1.82, 2.24) is 4.57 Å². The summed E-state index contributed by atoms with van der Waals surface area (Å²) in [5, 5.41) is 7.60. The maximum atomic E-state index is 2.43. The molecule has 0 aliphatic carbocycles. The number of thiophene rings is 1. The zero-order chi connectivity index (χ0) is 40.3. The molecule has 0 fully saturated rings. The van der Waals surface area contributed by atoms with Crippen LogP contribution in [0.15, 0.2) is 231 Å². The van der Waals surface area contributed by atoms with Crippen molar-refractivity contribution >= 4 is 81.1 Å². The zero-order valence-corrected chi connectivity index (χ0v) is 34.1. The van der Waals surface area contributed by atoms with Crippen LogP contribution in [0.1, 0.15) is 0 Å². The molecule has 61 heavy (non-hydrogen) atoms. The number of nitrogens with zero attached hydrogens (tertiary/aromatic N) is 2. The van der Waals surface area contributed by atoms with E-state index in [1.807, 2.05) is 11.3 Å². The van der Waals surface area contributed by atoms with Gasteiger partial charge in [-0.05, 0) is 105 Å². The molecule has 0 saturated carbocycles. The van der Waals surface area contributed by atoms with Crippen LogP contribution in [0.25, 0.3) is 91.8 Å². The van der Waals surface area contributed by atoms with E-state index in [1.54, 1.807) is 0 Å².